The van der Waals surface area contributed by atoms with Gasteiger partial charge in [-0.25, -0.2) is 9.97 Å². The Kier molecular flexibility index (Phi) is 3.52. The molecule has 0 amide bonds. The molecule has 2 aromatic rings. The Morgan fingerprint density at radius 3 is 2.89 bits per heavy atom. The van der Waals surface area contributed by atoms with Crippen molar-refractivity contribution in [1.29, 1.82) is 0 Å². The summed E-state index contributed by atoms with van der Waals surface area (Å²) in [6.45, 7) is 4.11. The molecule has 0 fully saturated rings. The lowest BCUT2D eigenvalue weighted by molar-refractivity contribution is 0.532. The number of anilines is 2. The maximum atomic E-state index is 5.52. The van der Waals surface area contributed by atoms with E-state index in [2.05, 4.69) is 34.2 Å². The van der Waals surface area contributed by atoms with Crippen molar-refractivity contribution < 1.29 is 0 Å². The zero-order chi connectivity index (χ0) is 13.1. The molecular weight excluding hydrogens is 248 g/mol. The van der Waals surface area contributed by atoms with E-state index in [0.717, 1.165) is 5.69 Å². The van der Waals surface area contributed by atoms with E-state index < -0.39 is 0 Å². The molecule has 0 aromatic carbocycles. The molecule has 0 saturated heterocycles. The molecule has 0 unspecified atom stereocenters. The standard InChI is InChI=1S/C11H14N6S/c1-7(2)17-6-8(5-14-17)15-11-13-4-3-9(16-11)10(12)18/h3-7H,1-2H3,(H2,12,18)(H,13,15,16). The van der Waals surface area contributed by atoms with Crippen LogP contribution in [-0.2, 0) is 0 Å². The van der Waals surface area contributed by atoms with Crippen LogP contribution in [0.3, 0.4) is 0 Å². The van der Waals surface area contributed by atoms with Gasteiger partial charge in [0.1, 0.15) is 10.7 Å². The molecular formula is C11H14N6S. The molecule has 0 bridgehead atoms. The van der Waals surface area contributed by atoms with Crippen molar-refractivity contribution in [3.8, 4) is 0 Å². The average molecular weight is 262 g/mol. The minimum Gasteiger partial charge on any atom is -0.388 e. The van der Waals surface area contributed by atoms with Crippen LogP contribution in [0.4, 0.5) is 11.6 Å². The van der Waals surface area contributed by atoms with Gasteiger partial charge in [-0.3, -0.25) is 4.68 Å². The van der Waals surface area contributed by atoms with Gasteiger partial charge in [0.2, 0.25) is 5.95 Å². The van der Waals surface area contributed by atoms with E-state index in [4.69, 9.17) is 18.0 Å². The number of thiocarbonyl (C=S) groups is 1. The number of hydrogen-bond donors (Lipinski definition) is 2. The summed E-state index contributed by atoms with van der Waals surface area (Å²) < 4.78 is 1.85. The number of rotatable bonds is 4. The Morgan fingerprint density at radius 1 is 1.50 bits per heavy atom. The van der Waals surface area contributed by atoms with E-state index in [-0.39, 0.29) is 4.99 Å². The van der Waals surface area contributed by atoms with E-state index in [1.54, 1.807) is 18.5 Å². The summed E-state index contributed by atoms with van der Waals surface area (Å²) in [6.07, 6.45) is 5.22. The van der Waals surface area contributed by atoms with Gasteiger partial charge in [-0.2, -0.15) is 5.10 Å². The molecule has 2 aromatic heterocycles. The predicted octanol–water partition coefficient (Wildman–Crippen LogP) is 1.63. The van der Waals surface area contributed by atoms with Gasteiger partial charge in [0.25, 0.3) is 0 Å². The summed E-state index contributed by atoms with van der Waals surface area (Å²) in [5.74, 6) is 0.448. The molecule has 0 radical (unpaired) electrons. The highest BCUT2D eigenvalue weighted by atomic mass is 32.1. The minimum atomic E-state index is 0.248. The molecule has 0 aliphatic carbocycles. The van der Waals surface area contributed by atoms with Crippen LogP contribution in [0.1, 0.15) is 25.6 Å². The van der Waals surface area contributed by atoms with Gasteiger partial charge in [-0.1, -0.05) is 12.2 Å². The molecule has 3 N–H and O–H groups in total. The quantitative estimate of drug-likeness (QED) is 0.815. The molecule has 0 saturated carbocycles. The van der Waals surface area contributed by atoms with Gasteiger partial charge in [-0.05, 0) is 19.9 Å². The first-order valence-corrected chi connectivity index (χ1v) is 5.91. The lowest BCUT2D eigenvalue weighted by atomic mass is 10.4. The topological polar surface area (TPSA) is 81.7 Å². The van der Waals surface area contributed by atoms with Crippen LogP contribution in [0, 0.1) is 0 Å². The number of nitrogens with two attached hydrogens (primary N) is 1. The van der Waals surface area contributed by atoms with E-state index in [0.29, 0.717) is 17.7 Å². The van der Waals surface area contributed by atoms with Crippen LogP contribution >= 0.6 is 12.2 Å². The lowest BCUT2D eigenvalue weighted by Crippen LogP contribution is -2.12. The molecule has 7 heteroatoms. The van der Waals surface area contributed by atoms with Crippen LogP contribution in [0.2, 0.25) is 0 Å². The van der Waals surface area contributed by atoms with Crippen molar-refractivity contribution in [2.24, 2.45) is 5.73 Å². The number of nitrogens with one attached hydrogen (secondary N) is 1. The summed E-state index contributed by atoms with van der Waals surface area (Å²) in [5.41, 5.74) is 6.88. The molecule has 2 rings (SSSR count). The highest BCUT2D eigenvalue weighted by Crippen LogP contribution is 2.14. The normalized spacial score (nSPS) is 10.6. The summed E-state index contributed by atoms with van der Waals surface area (Å²) in [6, 6.07) is 1.98. The van der Waals surface area contributed by atoms with Gasteiger partial charge < -0.3 is 11.1 Å². The second-order valence-electron chi connectivity index (χ2n) is 4.06. The van der Waals surface area contributed by atoms with Gasteiger partial charge in [-0.15, -0.1) is 0 Å². The Bertz CT molecular complexity index is 562. The largest absolute Gasteiger partial charge is 0.388 e. The number of nitrogens with zero attached hydrogens (tertiary/aromatic N) is 4. The van der Waals surface area contributed by atoms with Gasteiger partial charge in [0, 0.05) is 18.4 Å². The Hall–Kier alpha value is -2.02. The third-order valence-electron chi connectivity index (χ3n) is 2.29. The second-order valence-corrected chi connectivity index (χ2v) is 4.50. The fraction of sp³-hybridized carbons (Fsp3) is 0.273. The Labute approximate surface area is 110 Å². The highest BCUT2D eigenvalue weighted by Gasteiger charge is 2.05. The Morgan fingerprint density at radius 2 is 2.28 bits per heavy atom. The first-order valence-electron chi connectivity index (χ1n) is 5.50. The zero-order valence-corrected chi connectivity index (χ0v) is 11.0. The van der Waals surface area contributed by atoms with Crippen molar-refractivity contribution in [3.63, 3.8) is 0 Å². The molecule has 0 spiro atoms. The molecule has 0 aliphatic rings. The van der Waals surface area contributed by atoms with E-state index in [1.807, 2.05) is 10.9 Å². The SMILES string of the molecule is CC(C)n1cc(Nc2nccc(C(N)=S)n2)cn1. The third kappa shape index (κ3) is 2.80. The van der Waals surface area contributed by atoms with Crippen molar-refractivity contribution in [2.75, 3.05) is 5.32 Å². The van der Waals surface area contributed by atoms with E-state index >= 15 is 0 Å². The predicted molar refractivity (Wildman–Crippen MR) is 73.8 cm³/mol. The lowest BCUT2D eigenvalue weighted by Gasteiger charge is -2.04. The van der Waals surface area contributed by atoms with Gasteiger partial charge >= 0.3 is 0 Å². The monoisotopic (exact) mass is 262 g/mol. The summed E-state index contributed by atoms with van der Waals surface area (Å²) in [4.78, 5) is 8.54. The van der Waals surface area contributed by atoms with Crippen LogP contribution in [0.25, 0.3) is 0 Å². The minimum absolute atomic E-state index is 0.248. The highest BCUT2D eigenvalue weighted by molar-refractivity contribution is 7.80. The number of aromatic nitrogens is 4. The van der Waals surface area contributed by atoms with E-state index in [1.165, 1.54) is 0 Å². The van der Waals surface area contributed by atoms with E-state index in [9.17, 15) is 0 Å². The maximum Gasteiger partial charge on any atom is 0.227 e. The van der Waals surface area contributed by atoms with Crippen LogP contribution in [0.15, 0.2) is 24.7 Å². The number of hydrogen-bond acceptors (Lipinski definition) is 5. The smallest absolute Gasteiger partial charge is 0.227 e. The zero-order valence-electron chi connectivity index (χ0n) is 10.2. The third-order valence-corrected chi connectivity index (χ3v) is 2.50. The van der Waals surface area contributed by atoms with Crippen molar-refractivity contribution in [3.05, 3.63) is 30.4 Å². The van der Waals surface area contributed by atoms with Crippen LogP contribution < -0.4 is 11.1 Å². The first-order chi connectivity index (χ1) is 8.56. The molecule has 6 nitrogen and oxygen atoms in total. The molecule has 2 heterocycles. The molecule has 0 atom stereocenters. The Balaban J connectivity index is 2.17. The summed E-state index contributed by atoms with van der Waals surface area (Å²) in [5, 5.41) is 7.27. The first kappa shape index (κ1) is 12.4. The molecule has 18 heavy (non-hydrogen) atoms. The molecule has 94 valence electrons. The van der Waals surface area contributed by atoms with Crippen molar-refractivity contribution in [1.82, 2.24) is 19.7 Å². The summed E-state index contributed by atoms with van der Waals surface area (Å²) in [7, 11) is 0. The van der Waals surface area contributed by atoms with Gasteiger partial charge in [0.15, 0.2) is 0 Å². The second kappa shape index (κ2) is 5.09. The fourth-order valence-electron chi connectivity index (χ4n) is 1.37. The molecule has 0 aliphatic heterocycles. The maximum absolute atomic E-state index is 5.52. The van der Waals surface area contributed by atoms with Crippen molar-refractivity contribution >= 4 is 28.8 Å². The average Bonchev–Trinajstić information content (AvgIpc) is 2.78. The summed E-state index contributed by atoms with van der Waals surface area (Å²) >= 11 is 4.87. The van der Waals surface area contributed by atoms with Crippen LogP contribution in [-0.4, -0.2) is 24.7 Å². The fourth-order valence-corrected chi connectivity index (χ4v) is 1.48. The van der Waals surface area contributed by atoms with Crippen LogP contribution in [0.5, 0.6) is 0 Å². The van der Waals surface area contributed by atoms with Crippen molar-refractivity contribution in [2.45, 2.75) is 19.9 Å². The van der Waals surface area contributed by atoms with Gasteiger partial charge in [0.05, 0.1) is 11.9 Å².